The van der Waals surface area contributed by atoms with Gasteiger partial charge in [0.15, 0.2) is 0 Å². The fraction of sp³-hybridized carbons (Fsp3) is 0.278. The van der Waals surface area contributed by atoms with E-state index in [0.29, 0.717) is 41.4 Å². The lowest BCUT2D eigenvalue weighted by molar-refractivity contribution is 0.0921. The van der Waals surface area contributed by atoms with Gasteiger partial charge < -0.3 is 5.32 Å². The Kier molecular flexibility index (Phi) is 5.92. The molecule has 138 valence electrons. The number of sulfonamides is 1. The molecule has 0 radical (unpaired) electrons. The van der Waals surface area contributed by atoms with Crippen LogP contribution >= 0.6 is 24.2 Å². The van der Waals surface area contributed by atoms with Crippen LogP contribution < -0.4 is 5.32 Å². The summed E-state index contributed by atoms with van der Waals surface area (Å²) in [6.45, 7) is 0.719. The maximum Gasteiger partial charge on any atom is 0.252 e. The number of benzene rings is 2. The number of hydrogen-bond donors (Lipinski definition) is 2. The molecule has 0 unspecified atom stereocenters. The van der Waals surface area contributed by atoms with Crippen LogP contribution in [0.15, 0.2) is 58.3 Å². The van der Waals surface area contributed by atoms with Crippen molar-refractivity contribution < 1.29 is 13.2 Å². The second-order valence-corrected chi connectivity index (χ2v) is 8.98. The Morgan fingerprint density at radius 3 is 2.31 bits per heavy atom. The monoisotopic (exact) mass is 410 g/mol. The topological polar surface area (TPSA) is 66.5 Å². The van der Waals surface area contributed by atoms with Crippen molar-refractivity contribution in [2.75, 3.05) is 13.1 Å². The summed E-state index contributed by atoms with van der Waals surface area (Å²) in [6, 6.07) is 13.2. The Labute approximate surface area is 163 Å². The van der Waals surface area contributed by atoms with Gasteiger partial charge >= 0.3 is 0 Å². The molecule has 1 aliphatic heterocycles. The van der Waals surface area contributed by atoms with E-state index < -0.39 is 10.0 Å². The standard InChI is InChI=1S/C18H19ClN2O3S2/c19-13-5-7-15(8-6-13)26(23,24)21-11-9-14(10-12-21)20-18(22)16-3-1-2-4-17(16)25/h1-8,14,25H,9-12H2,(H,20,22). The number of rotatable bonds is 4. The molecule has 1 amide bonds. The van der Waals surface area contributed by atoms with Crippen LogP contribution in [0.25, 0.3) is 0 Å². The molecule has 1 N–H and O–H groups in total. The zero-order valence-electron chi connectivity index (χ0n) is 13.9. The summed E-state index contributed by atoms with van der Waals surface area (Å²) in [6.07, 6.45) is 1.13. The number of nitrogens with zero attached hydrogens (tertiary/aromatic N) is 1. The van der Waals surface area contributed by atoms with Gasteiger partial charge in [-0.15, -0.1) is 12.6 Å². The van der Waals surface area contributed by atoms with Crippen LogP contribution in [0.1, 0.15) is 23.2 Å². The Morgan fingerprint density at radius 2 is 1.69 bits per heavy atom. The second-order valence-electron chi connectivity index (χ2n) is 6.12. The van der Waals surface area contributed by atoms with Gasteiger partial charge in [0.05, 0.1) is 10.5 Å². The highest BCUT2D eigenvalue weighted by atomic mass is 35.5. The van der Waals surface area contributed by atoms with Crippen LogP contribution in [-0.4, -0.2) is 37.8 Å². The molecule has 1 heterocycles. The van der Waals surface area contributed by atoms with Crippen LogP contribution in [-0.2, 0) is 10.0 Å². The molecule has 0 spiro atoms. The first-order chi connectivity index (χ1) is 12.4. The molecule has 1 saturated heterocycles. The lowest BCUT2D eigenvalue weighted by Gasteiger charge is -2.31. The molecule has 2 aromatic carbocycles. The van der Waals surface area contributed by atoms with Crippen molar-refractivity contribution in [1.29, 1.82) is 0 Å². The maximum absolute atomic E-state index is 12.7. The second kappa shape index (κ2) is 8.00. The molecule has 26 heavy (non-hydrogen) atoms. The average molecular weight is 411 g/mol. The molecule has 0 bridgehead atoms. The SMILES string of the molecule is O=C(NC1CCN(S(=O)(=O)c2ccc(Cl)cc2)CC1)c1ccccc1S. The zero-order chi connectivity index (χ0) is 18.7. The number of hydrogen-bond acceptors (Lipinski definition) is 4. The van der Waals surface area contributed by atoms with Crippen LogP contribution in [0.3, 0.4) is 0 Å². The van der Waals surface area contributed by atoms with E-state index in [-0.39, 0.29) is 16.8 Å². The van der Waals surface area contributed by atoms with Gasteiger partial charge in [0.1, 0.15) is 0 Å². The van der Waals surface area contributed by atoms with Gasteiger partial charge in [0.25, 0.3) is 5.91 Å². The minimum Gasteiger partial charge on any atom is -0.349 e. The third kappa shape index (κ3) is 4.23. The highest BCUT2D eigenvalue weighted by Gasteiger charge is 2.30. The summed E-state index contributed by atoms with van der Waals surface area (Å²) in [5.74, 6) is -0.186. The lowest BCUT2D eigenvalue weighted by atomic mass is 10.1. The van der Waals surface area contributed by atoms with Gasteiger partial charge in [0.2, 0.25) is 10.0 Å². The molecule has 0 aromatic heterocycles. The average Bonchev–Trinajstić information content (AvgIpc) is 2.63. The van der Waals surface area contributed by atoms with Crippen molar-refractivity contribution in [3.63, 3.8) is 0 Å². The number of halogens is 1. The highest BCUT2D eigenvalue weighted by molar-refractivity contribution is 7.89. The Hall–Kier alpha value is -1.54. The van der Waals surface area contributed by atoms with Crippen molar-refractivity contribution >= 4 is 40.2 Å². The van der Waals surface area contributed by atoms with E-state index in [1.165, 1.54) is 16.4 Å². The third-order valence-electron chi connectivity index (χ3n) is 4.39. The molecule has 1 aliphatic rings. The maximum atomic E-state index is 12.7. The molecule has 3 rings (SSSR count). The summed E-state index contributed by atoms with van der Waals surface area (Å²) in [7, 11) is -3.54. The van der Waals surface area contributed by atoms with Crippen molar-refractivity contribution in [1.82, 2.24) is 9.62 Å². The van der Waals surface area contributed by atoms with Crippen LogP contribution in [0.5, 0.6) is 0 Å². The molecule has 0 atom stereocenters. The molecule has 2 aromatic rings. The van der Waals surface area contributed by atoms with Crippen LogP contribution in [0.2, 0.25) is 5.02 Å². The first-order valence-electron chi connectivity index (χ1n) is 8.22. The number of carbonyl (C=O) groups is 1. The van der Waals surface area contributed by atoms with Gasteiger partial charge in [-0.3, -0.25) is 4.79 Å². The van der Waals surface area contributed by atoms with Gasteiger partial charge in [-0.1, -0.05) is 23.7 Å². The van der Waals surface area contributed by atoms with Crippen molar-refractivity contribution in [2.24, 2.45) is 0 Å². The highest BCUT2D eigenvalue weighted by Crippen LogP contribution is 2.22. The fourth-order valence-corrected chi connectivity index (χ4v) is 4.78. The molecule has 0 aliphatic carbocycles. The smallest absolute Gasteiger partial charge is 0.252 e. The number of nitrogens with one attached hydrogen (secondary N) is 1. The van der Waals surface area contributed by atoms with Gasteiger partial charge in [-0.2, -0.15) is 4.31 Å². The minimum atomic E-state index is -3.54. The number of thiol groups is 1. The number of amides is 1. The normalized spacial score (nSPS) is 16.4. The first kappa shape index (κ1) is 19.2. The Bertz CT molecular complexity index is 893. The van der Waals surface area contributed by atoms with Crippen LogP contribution in [0.4, 0.5) is 0 Å². The summed E-state index contributed by atoms with van der Waals surface area (Å²) in [4.78, 5) is 13.2. The molecule has 0 saturated carbocycles. The molecular formula is C18H19ClN2O3S2. The van der Waals surface area contributed by atoms with Gasteiger partial charge in [-0.05, 0) is 49.2 Å². The van der Waals surface area contributed by atoms with E-state index in [1.807, 2.05) is 6.07 Å². The first-order valence-corrected chi connectivity index (χ1v) is 10.5. The van der Waals surface area contributed by atoms with Crippen LogP contribution in [0, 0.1) is 0 Å². The summed E-state index contributed by atoms with van der Waals surface area (Å²) in [5, 5.41) is 3.46. The van der Waals surface area contributed by atoms with Crippen molar-refractivity contribution in [3.05, 3.63) is 59.1 Å². The predicted molar refractivity (Wildman–Crippen MR) is 104 cm³/mol. The van der Waals surface area contributed by atoms with Crippen molar-refractivity contribution in [3.8, 4) is 0 Å². The molecule has 5 nitrogen and oxygen atoms in total. The summed E-state index contributed by atoms with van der Waals surface area (Å²) < 4.78 is 26.8. The quantitative estimate of drug-likeness (QED) is 0.760. The zero-order valence-corrected chi connectivity index (χ0v) is 16.4. The third-order valence-corrected chi connectivity index (χ3v) is 6.94. The minimum absolute atomic E-state index is 0.0629. The molecule has 1 fully saturated rings. The van der Waals surface area contributed by atoms with Crippen molar-refractivity contribution in [2.45, 2.75) is 28.7 Å². The van der Waals surface area contributed by atoms with E-state index in [4.69, 9.17) is 11.6 Å². The van der Waals surface area contributed by atoms with E-state index in [0.717, 1.165) is 0 Å². The Morgan fingerprint density at radius 1 is 1.08 bits per heavy atom. The lowest BCUT2D eigenvalue weighted by Crippen LogP contribution is -2.46. The van der Waals surface area contributed by atoms with E-state index in [1.54, 1.807) is 30.3 Å². The van der Waals surface area contributed by atoms with E-state index in [2.05, 4.69) is 17.9 Å². The number of piperidine rings is 1. The largest absolute Gasteiger partial charge is 0.349 e. The molecule has 8 heteroatoms. The number of carbonyl (C=O) groups excluding carboxylic acids is 1. The molecular weight excluding hydrogens is 392 g/mol. The predicted octanol–water partition coefficient (Wildman–Crippen LogP) is 3.21. The summed E-state index contributed by atoms with van der Waals surface area (Å²) >= 11 is 10.1. The summed E-state index contributed by atoms with van der Waals surface area (Å²) in [5.41, 5.74) is 0.520. The van der Waals surface area contributed by atoms with E-state index in [9.17, 15) is 13.2 Å². The fourth-order valence-electron chi connectivity index (χ4n) is 2.92. The van der Waals surface area contributed by atoms with Gasteiger partial charge in [0, 0.05) is 29.0 Å². The van der Waals surface area contributed by atoms with Gasteiger partial charge in [-0.25, -0.2) is 8.42 Å². The van der Waals surface area contributed by atoms with E-state index >= 15 is 0 Å². The Balaban J connectivity index is 1.61.